The summed E-state index contributed by atoms with van der Waals surface area (Å²) < 4.78 is 24.1. The van der Waals surface area contributed by atoms with Gasteiger partial charge in [-0.05, 0) is 38.0 Å². The molecular formula is C14H22FNO2. The molecule has 0 unspecified atom stereocenters. The SMILES string of the molecule is COC(C)(C)CCOCc1ccc(F)c(CN)c1. The molecule has 0 saturated heterocycles. The first kappa shape index (κ1) is 15.1. The molecule has 0 spiro atoms. The zero-order valence-corrected chi connectivity index (χ0v) is 11.3. The molecule has 0 saturated carbocycles. The zero-order chi connectivity index (χ0) is 13.6. The van der Waals surface area contributed by atoms with Crippen molar-refractivity contribution in [2.45, 2.75) is 39.0 Å². The van der Waals surface area contributed by atoms with E-state index in [2.05, 4.69) is 0 Å². The second kappa shape index (κ2) is 6.83. The standard InChI is InChI=1S/C14H22FNO2/c1-14(2,17-3)6-7-18-10-11-4-5-13(15)12(8-11)9-16/h4-5,8H,6-7,9-10,16H2,1-3H3. The molecule has 1 aromatic carbocycles. The van der Waals surface area contributed by atoms with E-state index in [4.69, 9.17) is 15.2 Å². The first-order valence-corrected chi connectivity index (χ1v) is 6.09. The number of halogens is 1. The van der Waals surface area contributed by atoms with Gasteiger partial charge in [-0.3, -0.25) is 0 Å². The largest absolute Gasteiger partial charge is 0.379 e. The lowest BCUT2D eigenvalue weighted by atomic mass is 10.1. The Morgan fingerprint density at radius 1 is 1.33 bits per heavy atom. The molecule has 3 nitrogen and oxygen atoms in total. The van der Waals surface area contributed by atoms with E-state index in [9.17, 15) is 4.39 Å². The zero-order valence-electron chi connectivity index (χ0n) is 11.3. The summed E-state index contributed by atoms with van der Waals surface area (Å²) in [6.07, 6.45) is 0.814. The number of benzene rings is 1. The van der Waals surface area contributed by atoms with Gasteiger partial charge in [0.2, 0.25) is 0 Å². The van der Waals surface area contributed by atoms with E-state index in [1.165, 1.54) is 6.07 Å². The van der Waals surface area contributed by atoms with Gasteiger partial charge in [0.1, 0.15) is 5.82 Å². The molecule has 0 radical (unpaired) electrons. The van der Waals surface area contributed by atoms with Gasteiger partial charge in [0.15, 0.2) is 0 Å². The highest BCUT2D eigenvalue weighted by molar-refractivity contribution is 5.24. The fourth-order valence-corrected chi connectivity index (χ4v) is 1.48. The van der Waals surface area contributed by atoms with Gasteiger partial charge in [-0.1, -0.05) is 6.07 Å². The minimum Gasteiger partial charge on any atom is -0.379 e. The molecule has 0 aliphatic carbocycles. The Hall–Kier alpha value is -0.970. The summed E-state index contributed by atoms with van der Waals surface area (Å²) in [5, 5.41) is 0. The van der Waals surface area contributed by atoms with Crippen LogP contribution >= 0.6 is 0 Å². The van der Waals surface area contributed by atoms with Crippen molar-refractivity contribution in [1.29, 1.82) is 0 Å². The molecule has 4 heteroatoms. The van der Waals surface area contributed by atoms with Crippen LogP contribution in [-0.4, -0.2) is 19.3 Å². The monoisotopic (exact) mass is 255 g/mol. The molecule has 0 aliphatic heterocycles. The molecule has 0 amide bonds. The molecule has 2 N–H and O–H groups in total. The third-order valence-corrected chi connectivity index (χ3v) is 3.00. The van der Waals surface area contributed by atoms with Crippen LogP contribution in [0, 0.1) is 5.82 Å². The van der Waals surface area contributed by atoms with E-state index >= 15 is 0 Å². The Kier molecular flexibility index (Phi) is 5.72. The van der Waals surface area contributed by atoms with Crippen molar-refractivity contribution < 1.29 is 13.9 Å². The molecule has 1 rings (SSSR count). The predicted octanol–water partition coefficient (Wildman–Crippen LogP) is 2.62. The van der Waals surface area contributed by atoms with Gasteiger partial charge in [0, 0.05) is 25.8 Å². The fraction of sp³-hybridized carbons (Fsp3) is 0.571. The first-order valence-electron chi connectivity index (χ1n) is 6.09. The maximum Gasteiger partial charge on any atom is 0.127 e. The lowest BCUT2D eigenvalue weighted by Crippen LogP contribution is -2.24. The van der Waals surface area contributed by atoms with Crippen LogP contribution in [0.2, 0.25) is 0 Å². The quantitative estimate of drug-likeness (QED) is 0.762. The summed E-state index contributed by atoms with van der Waals surface area (Å²) in [6, 6.07) is 4.90. The van der Waals surface area contributed by atoms with Crippen LogP contribution in [0.15, 0.2) is 18.2 Å². The Morgan fingerprint density at radius 2 is 2.06 bits per heavy atom. The lowest BCUT2D eigenvalue weighted by molar-refractivity contribution is -0.0124. The Bertz CT molecular complexity index is 380. The van der Waals surface area contributed by atoms with Crippen LogP contribution in [-0.2, 0) is 22.6 Å². The highest BCUT2D eigenvalue weighted by Crippen LogP contribution is 2.14. The molecule has 1 aromatic rings. The smallest absolute Gasteiger partial charge is 0.127 e. The van der Waals surface area contributed by atoms with Crippen LogP contribution in [0.4, 0.5) is 4.39 Å². The van der Waals surface area contributed by atoms with Crippen molar-refractivity contribution in [3.63, 3.8) is 0 Å². The molecule has 0 heterocycles. The molecule has 0 aromatic heterocycles. The fourth-order valence-electron chi connectivity index (χ4n) is 1.48. The summed E-state index contributed by atoms with van der Waals surface area (Å²) >= 11 is 0. The highest BCUT2D eigenvalue weighted by atomic mass is 19.1. The van der Waals surface area contributed by atoms with Crippen LogP contribution in [0.1, 0.15) is 31.4 Å². The van der Waals surface area contributed by atoms with Crippen molar-refractivity contribution in [2.75, 3.05) is 13.7 Å². The average molecular weight is 255 g/mol. The van der Waals surface area contributed by atoms with Crippen molar-refractivity contribution in [1.82, 2.24) is 0 Å². The predicted molar refractivity (Wildman–Crippen MR) is 69.7 cm³/mol. The Balaban J connectivity index is 2.40. The Morgan fingerprint density at radius 3 is 2.67 bits per heavy atom. The maximum atomic E-state index is 13.2. The maximum absolute atomic E-state index is 13.2. The summed E-state index contributed by atoms with van der Waals surface area (Å²) in [5.41, 5.74) is 6.74. The third kappa shape index (κ3) is 4.72. The summed E-state index contributed by atoms with van der Waals surface area (Å²) in [5.74, 6) is -0.262. The van der Waals surface area contributed by atoms with Crippen LogP contribution in [0.25, 0.3) is 0 Å². The number of methoxy groups -OCH3 is 1. The van der Waals surface area contributed by atoms with Crippen LogP contribution in [0.3, 0.4) is 0 Å². The molecule has 18 heavy (non-hydrogen) atoms. The minimum atomic E-state index is -0.262. The van der Waals surface area contributed by atoms with Crippen molar-refractivity contribution in [3.8, 4) is 0 Å². The van der Waals surface area contributed by atoms with Gasteiger partial charge >= 0.3 is 0 Å². The third-order valence-electron chi connectivity index (χ3n) is 3.00. The van der Waals surface area contributed by atoms with Gasteiger partial charge in [-0.25, -0.2) is 4.39 Å². The van der Waals surface area contributed by atoms with Crippen LogP contribution < -0.4 is 5.73 Å². The molecule has 102 valence electrons. The number of nitrogens with two attached hydrogens (primary N) is 1. The molecule has 0 fully saturated rings. The molecule has 0 aliphatic rings. The van der Waals surface area contributed by atoms with E-state index < -0.39 is 0 Å². The number of hydrogen-bond acceptors (Lipinski definition) is 3. The van der Waals surface area contributed by atoms with E-state index in [0.717, 1.165) is 12.0 Å². The number of ether oxygens (including phenoxy) is 2. The summed E-state index contributed by atoms with van der Waals surface area (Å²) in [4.78, 5) is 0. The molecule has 0 bridgehead atoms. The second-order valence-corrected chi connectivity index (χ2v) is 4.90. The molecule has 0 atom stereocenters. The van der Waals surface area contributed by atoms with E-state index in [1.54, 1.807) is 19.2 Å². The minimum absolute atomic E-state index is 0.175. The van der Waals surface area contributed by atoms with Crippen molar-refractivity contribution in [3.05, 3.63) is 35.1 Å². The van der Waals surface area contributed by atoms with Crippen molar-refractivity contribution in [2.24, 2.45) is 5.73 Å². The lowest BCUT2D eigenvalue weighted by Gasteiger charge is -2.22. The normalized spacial score (nSPS) is 11.8. The van der Waals surface area contributed by atoms with Gasteiger partial charge in [-0.2, -0.15) is 0 Å². The van der Waals surface area contributed by atoms with Gasteiger partial charge < -0.3 is 15.2 Å². The first-order chi connectivity index (χ1) is 8.48. The van der Waals surface area contributed by atoms with E-state index in [1.807, 2.05) is 13.8 Å². The van der Waals surface area contributed by atoms with Gasteiger partial charge in [-0.15, -0.1) is 0 Å². The van der Waals surface area contributed by atoms with Crippen LogP contribution in [0.5, 0.6) is 0 Å². The number of rotatable bonds is 7. The van der Waals surface area contributed by atoms with E-state index in [-0.39, 0.29) is 18.0 Å². The van der Waals surface area contributed by atoms with E-state index in [0.29, 0.717) is 18.8 Å². The molecular weight excluding hydrogens is 233 g/mol. The topological polar surface area (TPSA) is 44.5 Å². The van der Waals surface area contributed by atoms with Gasteiger partial charge in [0.25, 0.3) is 0 Å². The second-order valence-electron chi connectivity index (χ2n) is 4.90. The summed E-state index contributed by atoms with van der Waals surface area (Å²) in [6.45, 7) is 5.31. The number of hydrogen-bond donors (Lipinski definition) is 1. The van der Waals surface area contributed by atoms with Gasteiger partial charge in [0.05, 0.1) is 12.2 Å². The van der Waals surface area contributed by atoms with Crippen molar-refractivity contribution >= 4 is 0 Å². The average Bonchev–Trinajstić information content (AvgIpc) is 2.36. The Labute approximate surface area is 108 Å². The summed E-state index contributed by atoms with van der Waals surface area (Å²) in [7, 11) is 1.69. The highest BCUT2D eigenvalue weighted by Gasteiger charge is 2.15.